The highest BCUT2D eigenvalue weighted by atomic mass is 35.5. The van der Waals surface area contributed by atoms with E-state index in [1.807, 2.05) is 29.0 Å². The molecule has 1 fully saturated rings. The molecule has 0 aliphatic carbocycles. The van der Waals surface area contributed by atoms with Crippen LogP contribution in [0.25, 0.3) is 0 Å². The van der Waals surface area contributed by atoms with E-state index < -0.39 is 0 Å². The van der Waals surface area contributed by atoms with Crippen LogP contribution in [0.15, 0.2) is 36.7 Å². The van der Waals surface area contributed by atoms with Crippen LogP contribution >= 0.6 is 11.6 Å². The van der Waals surface area contributed by atoms with Crippen molar-refractivity contribution < 1.29 is 4.79 Å². The first kappa shape index (κ1) is 15.3. The maximum absolute atomic E-state index is 12.6. The van der Waals surface area contributed by atoms with Crippen molar-refractivity contribution in [1.29, 1.82) is 0 Å². The molecule has 0 radical (unpaired) electrons. The lowest BCUT2D eigenvalue weighted by Crippen LogP contribution is -2.33. The number of aromatic nitrogens is 2. The van der Waals surface area contributed by atoms with E-state index in [1.165, 1.54) is 5.56 Å². The summed E-state index contributed by atoms with van der Waals surface area (Å²) in [6, 6.07) is 7.84. The number of nitrogens with zero attached hydrogens (tertiary/aromatic N) is 2. The fourth-order valence-electron chi connectivity index (χ4n) is 2.92. The van der Waals surface area contributed by atoms with Gasteiger partial charge in [0.15, 0.2) is 5.82 Å². The summed E-state index contributed by atoms with van der Waals surface area (Å²) in [7, 11) is 0. The van der Waals surface area contributed by atoms with Gasteiger partial charge in [0.1, 0.15) is 0 Å². The molecule has 1 aromatic carbocycles. The molecule has 3 rings (SSSR count). The number of hydrogen-bond acceptors (Lipinski definition) is 3. The molecule has 0 unspecified atom stereocenters. The number of ketones is 1. The third-order valence-corrected chi connectivity index (χ3v) is 4.41. The van der Waals surface area contributed by atoms with Crippen LogP contribution in [0.4, 0.5) is 0 Å². The molecule has 1 aliphatic heterocycles. The topological polar surface area (TPSA) is 46.9 Å². The second-order valence-corrected chi connectivity index (χ2v) is 6.15. The van der Waals surface area contributed by atoms with Crippen molar-refractivity contribution >= 4 is 17.4 Å². The van der Waals surface area contributed by atoms with Crippen molar-refractivity contribution in [2.45, 2.75) is 25.8 Å². The zero-order valence-corrected chi connectivity index (χ0v) is 13.2. The fourth-order valence-corrected chi connectivity index (χ4v) is 3.14. The fraction of sp³-hybridized carbons (Fsp3) is 0.412. The molecule has 1 saturated heterocycles. The molecule has 4 nitrogen and oxygen atoms in total. The summed E-state index contributed by atoms with van der Waals surface area (Å²) in [5.41, 5.74) is 1.17. The van der Waals surface area contributed by atoms with Crippen LogP contribution < -0.4 is 5.32 Å². The molecule has 0 atom stereocenters. The number of carbonyl (C=O) groups excluding carboxylic acids is 1. The largest absolute Gasteiger partial charge is 0.328 e. The normalized spacial score (nSPS) is 15.9. The van der Waals surface area contributed by atoms with Gasteiger partial charge in [-0.2, -0.15) is 0 Å². The molecule has 22 heavy (non-hydrogen) atoms. The van der Waals surface area contributed by atoms with Gasteiger partial charge in [-0.25, -0.2) is 4.98 Å². The Balaban J connectivity index is 1.68. The van der Waals surface area contributed by atoms with Gasteiger partial charge in [0.2, 0.25) is 5.78 Å². The van der Waals surface area contributed by atoms with Crippen molar-refractivity contribution in [3.63, 3.8) is 0 Å². The van der Waals surface area contributed by atoms with E-state index in [1.54, 1.807) is 6.20 Å². The number of nitrogens with one attached hydrogen (secondary N) is 1. The molecule has 0 bridgehead atoms. The monoisotopic (exact) mass is 317 g/mol. The Bertz CT molecular complexity index is 647. The highest BCUT2D eigenvalue weighted by Crippen LogP contribution is 2.18. The number of halogens is 1. The predicted molar refractivity (Wildman–Crippen MR) is 87.3 cm³/mol. The Morgan fingerprint density at radius 3 is 2.95 bits per heavy atom. The van der Waals surface area contributed by atoms with E-state index in [2.05, 4.69) is 16.4 Å². The number of hydrogen-bond donors (Lipinski definition) is 1. The third-order valence-electron chi connectivity index (χ3n) is 4.18. The van der Waals surface area contributed by atoms with Crippen molar-refractivity contribution in [1.82, 2.24) is 14.9 Å². The lowest BCUT2D eigenvalue weighted by Gasteiger charge is -2.21. The maximum Gasteiger partial charge on any atom is 0.201 e. The maximum atomic E-state index is 12.6. The van der Waals surface area contributed by atoms with Crippen LogP contribution in [-0.2, 0) is 13.0 Å². The van der Waals surface area contributed by atoms with Crippen molar-refractivity contribution in [3.05, 3.63) is 53.1 Å². The van der Waals surface area contributed by atoms with Crippen molar-refractivity contribution in [2.75, 3.05) is 13.1 Å². The van der Waals surface area contributed by atoms with Gasteiger partial charge in [-0.05, 0) is 50.0 Å². The van der Waals surface area contributed by atoms with Gasteiger partial charge in [-0.3, -0.25) is 4.79 Å². The van der Waals surface area contributed by atoms with Gasteiger partial charge in [-0.15, -0.1) is 0 Å². The number of carbonyl (C=O) groups is 1. The molecular weight excluding hydrogens is 298 g/mol. The van der Waals surface area contributed by atoms with Gasteiger partial charge in [-0.1, -0.05) is 23.7 Å². The quantitative estimate of drug-likeness (QED) is 0.862. The van der Waals surface area contributed by atoms with E-state index in [0.29, 0.717) is 5.82 Å². The summed E-state index contributed by atoms with van der Waals surface area (Å²) in [5.74, 6) is 0.875. The zero-order chi connectivity index (χ0) is 15.4. The Labute approximate surface area is 135 Å². The molecule has 1 aliphatic rings. The minimum absolute atomic E-state index is 0.105. The standard InChI is InChI=1S/C17H20ClN3O/c18-15-3-1-2-13(12-15)6-10-21-11-9-20-17(21)16(22)14-4-7-19-8-5-14/h1-3,9,11-12,14,19H,4-8,10H2. The molecule has 1 aromatic heterocycles. The second kappa shape index (κ2) is 7.07. The van der Waals surface area contributed by atoms with Crippen LogP contribution in [0.1, 0.15) is 29.0 Å². The summed E-state index contributed by atoms with van der Waals surface area (Å²) < 4.78 is 1.96. The number of benzene rings is 1. The van der Waals surface area contributed by atoms with Crippen LogP contribution in [0.3, 0.4) is 0 Å². The first-order valence-electron chi connectivity index (χ1n) is 7.74. The van der Waals surface area contributed by atoms with Crippen LogP contribution in [0, 0.1) is 5.92 Å². The summed E-state index contributed by atoms with van der Waals surface area (Å²) in [6.07, 6.45) is 6.24. The predicted octanol–water partition coefficient (Wildman–Crippen LogP) is 2.96. The average molecular weight is 318 g/mol. The lowest BCUT2D eigenvalue weighted by atomic mass is 9.93. The molecule has 0 amide bonds. The Morgan fingerprint density at radius 1 is 1.36 bits per heavy atom. The van der Waals surface area contributed by atoms with E-state index in [-0.39, 0.29) is 11.7 Å². The first-order valence-corrected chi connectivity index (χ1v) is 8.12. The van der Waals surface area contributed by atoms with E-state index >= 15 is 0 Å². The molecule has 0 saturated carbocycles. The molecular formula is C17H20ClN3O. The first-order chi connectivity index (χ1) is 10.7. The number of imidazole rings is 1. The summed E-state index contributed by atoms with van der Waals surface area (Å²) in [6.45, 7) is 2.58. The molecule has 2 heterocycles. The van der Waals surface area contributed by atoms with Gasteiger partial charge in [0, 0.05) is 29.9 Å². The van der Waals surface area contributed by atoms with E-state index in [0.717, 1.165) is 43.9 Å². The van der Waals surface area contributed by atoms with E-state index in [9.17, 15) is 4.79 Å². The summed E-state index contributed by atoms with van der Waals surface area (Å²) >= 11 is 6.01. The Morgan fingerprint density at radius 2 is 2.18 bits per heavy atom. The highest BCUT2D eigenvalue weighted by molar-refractivity contribution is 6.30. The van der Waals surface area contributed by atoms with E-state index in [4.69, 9.17) is 11.6 Å². The van der Waals surface area contributed by atoms with Crippen LogP contribution in [0.5, 0.6) is 0 Å². The van der Waals surface area contributed by atoms with Gasteiger partial charge >= 0.3 is 0 Å². The molecule has 2 aromatic rings. The van der Waals surface area contributed by atoms with Gasteiger partial charge in [0.25, 0.3) is 0 Å². The van der Waals surface area contributed by atoms with Crippen molar-refractivity contribution in [2.24, 2.45) is 5.92 Å². The summed E-state index contributed by atoms with van der Waals surface area (Å²) in [4.78, 5) is 16.9. The third kappa shape index (κ3) is 3.57. The Kier molecular flexibility index (Phi) is 4.90. The van der Waals surface area contributed by atoms with Crippen molar-refractivity contribution in [3.8, 4) is 0 Å². The molecule has 1 N–H and O–H groups in total. The smallest absolute Gasteiger partial charge is 0.201 e. The number of piperidine rings is 1. The zero-order valence-electron chi connectivity index (χ0n) is 12.5. The minimum atomic E-state index is 0.105. The number of Topliss-reactive ketones (excluding diaryl/α,β-unsaturated/α-hetero) is 1. The highest BCUT2D eigenvalue weighted by Gasteiger charge is 2.25. The number of rotatable bonds is 5. The Hall–Kier alpha value is -1.65. The van der Waals surface area contributed by atoms with Crippen LogP contribution in [0.2, 0.25) is 5.02 Å². The molecule has 5 heteroatoms. The van der Waals surface area contributed by atoms with Gasteiger partial charge in [0.05, 0.1) is 0 Å². The minimum Gasteiger partial charge on any atom is -0.328 e. The molecule has 116 valence electrons. The molecule has 0 spiro atoms. The van der Waals surface area contributed by atoms with Gasteiger partial charge < -0.3 is 9.88 Å². The summed E-state index contributed by atoms with van der Waals surface area (Å²) in [5, 5.41) is 4.03. The SMILES string of the molecule is O=C(c1nccn1CCc1cccc(Cl)c1)C1CCNCC1. The lowest BCUT2D eigenvalue weighted by molar-refractivity contribution is 0.0879. The average Bonchev–Trinajstić information content (AvgIpc) is 3.01. The number of aryl methyl sites for hydroxylation is 2. The van der Waals surface area contributed by atoms with Crippen LogP contribution in [-0.4, -0.2) is 28.4 Å². The second-order valence-electron chi connectivity index (χ2n) is 5.71.